The molecule has 1 aromatic heterocycles. The highest BCUT2D eigenvalue weighted by Crippen LogP contribution is 2.22. The second-order valence-electron chi connectivity index (χ2n) is 4.64. The van der Waals surface area contributed by atoms with Gasteiger partial charge in [-0.3, -0.25) is 0 Å². The van der Waals surface area contributed by atoms with Crippen LogP contribution in [0.3, 0.4) is 0 Å². The van der Waals surface area contributed by atoms with Gasteiger partial charge in [-0.1, -0.05) is 23.8 Å². The Balaban J connectivity index is 1.99. The van der Waals surface area contributed by atoms with Crippen LogP contribution in [-0.2, 0) is 7.05 Å². The van der Waals surface area contributed by atoms with E-state index in [1.165, 1.54) is 5.56 Å². The van der Waals surface area contributed by atoms with Crippen LogP contribution in [0.25, 0.3) is 11.4 Å². The molecule has 0 bridgehead atoms. The fraction of sp³-hybridized carbons (Fsp3) is 0.385. The lowest BCUT2D eigenvalue weighted by Gasteiger charge is -2.23. The highest BCUT2D eigenvalue weighted by Gasteiger charge is 2.24. The Morgan fingerprint density at radius 3 is 2.82 bits per heavy atom. The van der Waals surface area contributed by atoms with Crippen molar-refractivity contribution in [2.75, 3.05) is 13.1 Å². The first-order valence-electron chi connectivity index (χ1n) is 5.93. The largest absolute Gasteiger partial charge is 0.315 e. The molecule has 4 nitrogen and oxygen atoms in total. The predicted molar refractivity (Wildman–Crippen MR) is 66.8 cm³/mol. The lowest BCUT2D eigenvalue weighted by atomic mass is 10.0. The van der Waals surface area contributed by atoms with Gasteiger partial charge >= 0.3 is 0 Å². The molecule has 1 saturated heterocycles. The number of nitrogens with zero attached hydrogens (tertiary/aromatic N) is 3. The molecular formula is C13H16N4. The lowest BCUT2D eigenvalue weighted by Crippen LogP contribution is -2.40. The first-order chi connectivity index (χ1) is 8.24. The number of nitrogens with one attached hydrogen (secondary N) is 1. The molecule has 17 heavy (non-hydrogen) atoms. The molecule has 3 rings (SSSR count). The molecule has 1 aliphatic heterocycles. The first kappa shape index (κ1) is 10.5. The molecular weight excluding hydrogens is 212 g/mol. The molecule has 2 heterocycles. The van der Waals surface area contributed by atoms with Gasteiger partial charge in [-0.2, -0.15) is 5.10 Å². The molecule has 1 aliphatic rings. The molecule has 0 saturated carbocycles. The number of aromatic nitrogens is 3. The number of benzene rings is 1. The van der Waals surface area contributed by atoms with E-state index in [1.54, 1.807) is 0 Å². The van der Waals surface area contributed by atoms with E-state index in [0.717, 1.165) is 30.3 Å². The fourth-order valence-electron chi connectivity index (χ4n) is 2.08. The molecule has 2 aromatic rings. The molecule has 0 radical (unpaired) electrons. The van der Waals surface area contributed by atoms with Gasteiger partial charge in [-0.05, 0) is 13.0 Å². The van der Waals surface area contributed by atoms with Gasteiger partial charge in [0.15, 0.2) is 11.6 Å². The average molecular weight is 228 g/mol. The van der Waals surface area contributed by atoms with Gasteiger partial charge in [0.05, 0.1) is 0 Å². The summed E-state index contributed by atoms with van der Waals surface area (Å²) in [5.41, 5.74) is 2.39. The number of hydrogen-bond acceptors (Lipinski definition) is 3. The summed E-state index contributed by atoms with van der Waals surface area (Å²) >= 11 is 0. The smallest absolute Gasteiger partial charge is 0.158 e. The minimum Gasteiger partial charge on any atom is -0.315 e. The van der Waals surface area contributed by atoms with E-state index in [2.05, 4.69) is 46.6 Å². The van der Waals surface area contributed by atoms with Crippen LogP contribution in [-0.4, -0.2) is 27.9 Å². The van der Waals surface area contributed by atoms with E-state index in [4.69, 9.17) is 0 Å². The monoisotopic (exact) mass is 228 g/mol. The zero-order chi connectivity index (χ0) is 11.8. The SMILES string of the molecule is Cc1cccc(-c2nc(C3CNC3)nn2C)c1. The van der Waals surface area contributed by atoms with Crippen molar-refractivity contribution in [3.8, 4) is 11.4 Å². The molecule has 1 fully saturated rings. The average Bonchev–Trinajstić information content (AvgIpc) is 2.57. The minimum atomic E-state index is 0.486. The predicted octanol–water partition coefficient (Wildman–Crippen LogP) is 1.48. The fourth-order valence-corrected chi connectivity index (χ4v) is 2.08. The summed E-state index contributed by atoms with van der Waals surface area (Å²) in [6.45, 7) is 4.09. The van der Waals surface area contributed by atoms with Gasteiger partial charge in [0.2, 0.25) is 0 Å². The van der Waals surface area contributed by atoms with Crippen LogP contribution in [0.4, 0.5) is 0 Å². The molecule has 0 unspecified atom stereocenters. The topological polar surface area (TPSA) is 42.7 Å². The van der Waals surface area contributed by atoms with E-state index < -0.39 is 0 Å². The third-order valence-electron chi connectivity index (χ3n) is 3.20. The molecule has 88 valence electrons. The zero-order valence-corrected chi connectivity index (χ0v) is 10.1. The number of rotatable bonds is 2. The number of hydrogen-bond donors (Lipinski definition) is 1. The maximum Gasteiger partial charge on any atom is 0.158 e. The highest BCUT2D eigenvalue weighted by atomic mass is 15.3. The zero-order valence-electron chi connectivity index (χ0n) is 10.1. The van der Waals surface area contributed by atoms with Crippen LogP contribution in [0.1, 0.15) is 17.3 Å². The standard InChI is InChI=1S/C13H16N4/c1-9-4-3-5-10(6-9)13-15-12(16-17(13)2)11-7-14-8-11/h3-6,11,14H,7-8H2,1-2H3. The molecule has 4 heteroatoms. The van der Waals surface area contributed by atoms with E-state index in [-0.39, 0.29) is 0 Å². The van der Waals surface area contributed by atoms with Crippen LogP contribution in [0, 0.1) is 6.92 Å². The van der Waals surface area contributed by atoms with Crippen molar-refractivity contribution >= 4 is 0 Å². The Hall–Kier alpha value is -1.68. The Labute approximate surface area is 101 Å². The Morgan fingerprint density at radius 2 is 2.18 bits per heavy atom. The summed E-state index contributed by atoms with van der Waals surface area (Å²) in [5.74, 6) is 2.40. The summed E-state index contributed by atoms with van der Waals surface area (Å²) in [6.07, 6.45) is 0. The van der Waals surface area contributed by atoms with E-state index in [0.29, 0.717) is 5.92 Å². The van der Waals surface area contributed by atoms with Gasteiger partial charge in [-0.25, -0.2) is 9.67 Å². The first-order valence-corrected chi connectivity index (χ1v) is 5.93. The van der Waals surface area contributed by atoms with Gasteiger partial charge in [-0.15, -0.1) is 0 Å². The van der Waals surface area contributed by atoms with Crippen LogP contribution >= 0.6 is 0 Å². The van der Waals surface area contributed by atoms with Crippen molar-refractivity contribution in [1.82, 2.24) is 20.1 Å². The molecule has 1 N–H and O–H groups in total. The Bertz CT molecular complexity index is 540. The highest BCUT2D eigenvalue weighted by molar-refractivity contribution is 5.56. The maximum absolute atomic E-state index is 4.65. The van der Waals surface area contributed by atoms with E-state index in [9.17, 15) is 0 Å². The van der Waals surface area contributed by atoms with Gasteiger partial charge < -0.3 is 5.32 Å². The van der Waals surface area contributed by atoms with Crippen molar-refractivity contribution in [2.45, 2.75) is 12.8 Å². The molecule has 0 amide bonds. The molecule has 0 aliphatic carbocycles. The third kappa shape index (κ3) is 1.85. The normalized spacial score (nSPS) is 15.9. The summed E-state index contributed by atoms with van der Waals surface area (Å²) in [4.78, 5) is 4.65. The second kappa shape index (κ2) is 3.96. The minimum absolute atomic E-state index is 0.486. The molecule has 0 atom stereocenters. The molecule has 0 spiro atoms. The van der Waals surface area contributed by atoms with E-state index >= 15 is 0 Å². The summed E-state index contributed by atoms with van der Waals surface area (Å²) in [5, 5.41) is 7.75. The summed E-state index contributed by atoms with van der Waals surface area (Å²) in [7, 11) is 1.96. The number of aryl methyl sites for hydroxylation is 2. The lowest BCUT2D eigenvalue weighted by molar-refractivity contribution is 0.428. The van der Waals surface area contributed by atoms with Gasteiger partial charge in [0.1, 0.15) is 0 Å². The van der Waals surface area contributed by atoms with E-state index in [1.807, 2.05) is 11.7 Å². The Kier molecular flexibility index (Phi) is 2.44. The maximum atomic E-state index is 4.65. The summed E-state index contributed by atoms with van der Waals surface area (Å²) < 4.78 is 1.88. The molecule has 1 aromatic carbocycles. The van der Waals surface area contributed by atoms with Crippen LogP contribution in [0.2, 0.25) is 0 Å². The van der Waals surface area contributed by atoms with Crippen molar-refractivity contribution in [1.29, 1.82) is 0 Å². The van der Waals surface area contributed by atoms with Crippen molar-refractivity contribution < 1.29 is 0 Å². The van der Waals surface area contributed by atoms with Gasteiger partial charge in [0, 0.05) is 31.6 Å². The Morgan fingerprint density at radius 1 is 1.35 bits per heavy atom. The van der Waals surface area contributed by atoms with Crippen LogP contribution < -0.4 is 5.32 Å². The van der Waals surface area contributed by atoms with Crippen molar-refractivity contribution in [3.63, 3.8) is 0 Å². The third-order valence-corrected chi connectivity index (χ3v) is 3.20. The summed E-state index contributed by atoms with van der Waals surface area (Å²) in [6, 6.07) is 8.38. The van der Waals surface area contributed by atoms with Crippen LogP contribution in [0.5, 0.6) is 0 Å². The quantitative estimate of drug-likeness (QED) is 0.846. The van der Waals surface area contributed by atoms with Crippen molar-refractivity contribution in [2.24, 2.45) is 7.05 Å². The van der Waals surface area contributed by atoms with Crippen molar-refractivity contribution in [3.05, 3.63) is 35.7 Å². The van der Waals surface area contributed by atoms with Crippen LogP contribution in [0.15, 0.2) is 24.3 Å². The second-order valence-corrected chi connectivity index (χ2v) is 4.64. The van der Waals surface area contributed by atoms with Gasteiger partial charge in [0.25, 0.3) is 0 Å².